The molecular formula is C15H26ClNO2. The standard InChI is InChI=1S/C15H25NO2.ClH/c1-5-12-6-8-14(9-7-12)18-11-13(17)10-16-15(2,3)4;/h6-9,13,16-17H,5,10-11H2,1-4H3;1H. The molecule has 1 aromatic rings. The lowest BCUT2D eigenvalue weighted by atomic mass is 10.1. The average molecular weight is 288 g/mol. The van der Waals surface area contributed by atoms with E-state index in [0.29, 0.717) is 13.2 Å². The molecule has 0 spiro atoms. The van der Waals surface area contributed by atoms with Crippen LogP contribution in [0.25, 0.3) is 0 Å². The number of hydrogen-bond donors (Lipinski definition) is 2. The molecule has 0 aliphatic rings. The average Bonchev–Trinajstić information content (AvgIpc) is 2.33. The third-order valence-corrected chi connectivity index (χ3v) is 2.64. The van der Waals surface area contributed by atoms with Crippen molar-refractivity contribution < 1.29 is 9.84 Å². The number of aliphatic hydroxyl groups is 1. The van der Waals surface area contributed by atoms with Crippen molar-refractivity contribution >= 4 is 12.4 Å². The molecule has 0 saturated heterocycles. The van der Waals surface area contributed by atoms with Gasteiger partial charge in [-0.15, -0.1) is 12.4 Å². The first-order valence-corrected chi connectivity index (χ1v) is 6.55. The van der Waals surface area contributed by atoms with Crippen molar-refractivity contribution in [1.82, 2.24) is 5.32 Å². The molecule has 1 atom stereocenters. The number of benzene rings is 1. The molecule has 1 rings (SSSR count). The number of hydrogen-bond acceptors (Lipinski definition) is 3. The summed E-state index contributed by atoms with van der Waals surface area (Å²) in [6.45, 7) is 9.20. The number of halogens is 1. The van der Waals surface area contributed by atoms with E-state index in [9.17, 15) is 5.11 Å². The Morgan fingerprint density at radius 1 is 1.21 bits per heavy atom. The molecule has 0 bridgehead atoms. The van der Waals surface area contributed by atoms with Crippen molar-refractivity contribution in [2.75, 3.05) is 13.2 Å². The molecule has 3 nitrogen and oxygen atoms in total. The highest BCUT2D eigenvalue weighted by molar-refractivity contribution is 5.85. The van der Waals surface area contributed by atoms with E-state index < -0.39 is 6.10 Å². The number of β-amino-alcohol motifs (C(OH)–C–C–N with tert-alkyl or cyclic N) is 1. The lowest BCUT2D eigenvalue weighted by Crippen LogP contribution is -2.42. The Morgan fingerprint density at radius 2 is 1.79 bits per heavy atom. The van der Waals surface area contributed by atoms with Crippen LogP contribution in [-0.4, -0.2) is 29.9 Å². The maximum Gasteiger partial charge on any atom is 0.119 e. The topological polar surface area (TPSA) is 41.5 Å². The Hall–Kier alpha value is -0.770. The number of aliphatic hydroxyl groups excluding tert-OH is 1. The summed E-state index contributed by atoms with van der Waals surface area (Å²) in [5, 5.41) is 13.0. The van der Waals surface area contributed by atoms with E-state index >= 15 is 0 Å². The highest BCUT2D eigenvalue weighted by Crippen LogP contribution is 2.12. The number of aryl methyl sites for hydroxylation is 1. The molecule has 19 heavy (non-hydrogen) atoms. The first-order chi connectivity index (χ1) is 8.40. The van der Waals surface area contributed by atoms with E-state index in [4.69, 9.17) is 4.74 Å². The third-order valence-electron chi connectivity index (χ3n) is 2.64. The van der Waals surface area contributed by atoms with E-state index in [1.807, 2.05) is 12.1 Å². The van der Waals surface area contributed by atoms with Crippen LogP contribution < -0.4 is 10.1 Å². The predicted molar refractivity (Wildman–Crippen MR) is 82.3 cm³/mol. The summed E-state index contributed by atoms with van der Waals surface area (Å²) in [6.07, 6.45) is 0.536. The molecule has 0 amide bonds. The summed E-state index contributed by atoms with van der Waals surface area (Å²) in [5.41, 5.74) is 1.31. The van der Waals surface area contributed by atoms with E-state index in [2.05, 4.69) is 45.1 Å². The minimum atomic E-state index is -0.491. The molecule has 2 N–H and O–H groups in total. The van der Waals surface area contributed by atoms with Crippen LogP contribution in [0.2, 0.25) is 0 Å². The van der Waals surface area contributed by atoms with Crippen molar-refractivity contribution in [3.05, 3.63) is 29.8 Å². The van der Waals surface area contributed by atoms with Gasteiger partial charge in [-0.25, -0.2) is 0 Å². The first-order valence-electron chi connectivity index (χ1n) is 6.55. The zero-order valence-corrected chi connectivity index (χ0v) is 13.1. The van der Waals surface area contributed by atoms with Crippen LogP contribution in [0.15, 0.2) is 24.3 Å². The number of nitrogens with one attached hydrogen (secondary N) is 1. The predicted octanol–water partition coefficient (Wildman–Crippen LogP) is 2.80. The second-order valence-corrected chi connectivity index (χ2v) is 5.59. The fourth-order valence-corrected chi connectivity index (χ4v) is 1.50. The molecule has 110 valence electrons. The van der Waals surface area contributed by atoms with Gasteiger partial charge in [0.25, 0.3) is 0 Å². The fraction of sp³-hybridized carbons (Fsp3) is 0.600. The summed E-state index contributed by atoms with van der Waals surface area (Å²) in [7, 11) is 0. The van der Waals surface area contributed by atoms with Crippen LogP contribution in [-0.2, 0) is 6.42 Å². The normalized spacial score (nSPS) is 12.7. The second kappa shape index (κ2) is 8.41. The Kier molecular flexibility index (Phi) is 8.07. The smallest absolute Gasteiger partial charge is 0.119 e. The van der Waals surface area contributed by atoms with Crippen molar-refractivity contribution in [2.24, 2.45) is 0 Å². The van der Waals surface area contributed by atoms with Gasteiger partial charge in [0, 0.05) is 12.1 Å². The van der Waals surface area contributed by atoms with Crippen molar-refractivity contribution in [3.8, 4) is 5.75 Å². The second-order valence-electron chi connectivity index (χ2n) is 5.59. The van der Waals surface area contributed by atoms with Gasteiger partial charge in [0.1, 0.15) is 18.5 Å². The van der Waals surface area contributed by atoms with E-state index in [1.165, 1.54) is 5.56 Å². The SMILES string of the molecule is CCc1ccc(OCC(O)CNC(C)(C)C)cc1.Cl. The van der Waals surface area contributed by atoms with Crippen LogP contribution in [0.3, 0.4) is 0 Å². The van der Waals surface area contributed by atoms with Gasteiger partial charge in [-0.05, 0) is 44.9 Å². The van der Waals surface area contributed by atoms with Gasteiger partial charge in [-0.3, -0.25) is 0 Å². The summed E-state index contributed by atoms with van der Waals surface area (Å²) >= 11 is 0. The van der Waals surface area contributed by atoms with E-state index in [-0.39, 0.29) is 17.9 Å². The van der Waals surface area contributed by atoms with E-state index in [1.54, 1.807) is 0 Å². The Bertz CT molecular complexity index is 346. The number of ether oxygens (including phenoxy) is 1. The summed E-state index contributed by atoms with van der Waals surface area (Å²) in [4.78, 5) is 0. The Morgan fingerprint density at radius 3 is 2.26 bits per heavy atom. The Labute approximate surface area is 122 Å². The van der Waals surface area contributed by atoms with Crippen LogP contribution in [0.4, 0.5) is 0 Å². The fourth-order valence-electron chi connectivity index (χ4n) is 1.50. The van der Waals surface area contributed by atoms with Gasteiger partial charge in [0.2, 0.25) is 0 Å². The highest BCUT2D eigenvalue weighted by Gasteiger charge is 2.12. The third kappa shape index (κ3) is 8.09. The van der Waals surface area contributed by atoms with Crippen LogP contribution in [0.1, 0.15) is 33.3 Å². The molecular weight excluding hydrogens is 262 g/mol. The molecule has 0 aliphatic carbocycles. The Balaban J connectivity index is 0.00000324. The zero-order chi connectivity index (χ0) is 13.6. The largest absolute Gasteiger partial charge is 0.491 e. The summed E-state index contributed by atoms with van der Waals surface area (Å²) in [5.74, 6) is 0.807. The van der Waals surface area contributed by atoms with Gasteiger partial charge in [-0.1, -0.05) is 19.1 Å². The van der Waals surface area contributed by atoms with Crippen LogP contribution in [0, 0.1) is 0 Å². The van der Waals surface area contributed by atoms with Gasteiger partial charge >= 0.3 is 0 Å². The number of rotatable bonds is 6. The maximum absolute atomic E-state index is 9.79. The monoisotopic (exact) mass is 287 g/mol. The van der Waals surface area contributed by atoms with Crippen molar-refractivity contribution in [3.63, 3.8) is 0 Å². The molecule has 1 aromatic carbocycles. The van der Waals surface area contributed by atoms with Crippen LogP contribution in [0.5, 0.6) is 5.75 Å². The molecule has 0 heterocycles. The van der Waals surface area contributed by atoms with Gasteiger partial charge in [0.15, 0.2) is 0 Å². The van der Waals surface area contributed by atoms with Gasteiger partial charge in [0.05, 0.1) is 0 Å². The maximum atomic E-state index is 9.79. The molecule has 4 heteroatoms. The zero-order valence-electron chi connectivity index (χ0n) is 12.3. The first kappa shape index (κ1) is 18.2. The van der Waals surface area contributed by atoms with Gasteiger partial charge in [-0.2, -0.15) is 0 Å². The minimum Gasteiger partial charge on any atom is -0.491 e. The van der Waals surface area contributed by atoms with Crippen molar-refractivity contribution in [2.45, 2.75) is 45.8 Å². The molecule has 1 unspecified atom stereocenters. The van der Waals surface area contributed by atoms with E-state index in [0.717, 1.165) is 12.2 Å². The quantitative estimate of drug-likeness (QED) is 0.845. The lowest BCUT2D eigenvalue weighted by molar-refractivity contribution is 0.100. The molecule has 0 fully saturated rings. The van der Waals surface area contributed by atoms with Crippen LogP contribution >= 0.6 is 12.4 Å². The molecule has 0 radical (unpaired) electrons. The van der Waals surface area contributed by atoms with Crippen molar-refractivity contribution in [1.29, 1.82) is 0 Å². The molecule has 0 aliphatic heterocycles. The molecule has 0 saturated carbocycles. The van der Waals surface area contributed by atoms with Gasteiger partial charge < -0.3 is 15.2 Å². The highest BCUT2D eigenvalue weighted by atomic mass is 35.5. The lowest BCUT2D eigenvalue weighted by Gasteiger charge is -2.22. The summed E-state index contributed by atoms with van der Waals surface area (Å²) < 4.78 is 5.54. The molecule has 0 aromatic heterocycles. The summed E-state index contributed by atoms with van der Waals surface area (Å²) in [6, 6.07) is 8.00. The minimum absolute atomic E-state index is 0.